The highest BCUT2D eigenvalue weighted by molar-refractivity contribution is 5.75. The molecule has 4 atom stereocenters. The first-order valence-electron chi connectivity index (χ1n) is 8.86. The number of rotatable bonds is 1. The Labute approximate surface area is 137 Å². The lowest BCUT2D eigenvalue weighted by atomic mass is 9.73. The van der Waals surface area contributed by atoms with Crippen molar-refractivity contribution in [3.8, 4) is 0 Å². The molecule has 0 unspecified atom stereocenters. The molecule has 5 nitrogen and oxygen atoms in total. The van der Waals surface area contributed by atoms with E-state index in [1.165, 1.54) is 26.2 Å². The summed E-state index contributed by atoms with van der Waals surface area (Å²) in [5.74, 6) is 1.29. The Morgan fingerprint density at radius 1 is 1.26 bits per heavy atom. The van der Waals surface area contributed by atoms with Crippen molar-refractivity contribution < 1.29 is 19.1 Å². The van der Waals surface area contributed by atoms with Crippen LogP contribution in [0.5, 0.6) is 0 Å². The molecule has 5 heteroatoms. The number of carbonyl (C=O) groups excluding carboxylic acids is 2. The summed E-state index contributed by atoms with van der Waals surface area (Å²) in [5, 5.41) is 0. The number of hydrogen-bond donors (Lipinski definition) is 0. The maximum absolute atomic E-state index is 12.3. The fourth-order valence-corrected chi connectivity index (χ4v) is 5.44. The van der Waals surface area contributed by atoms with E-state index in [4.69, 9.17) is 9.47 Å². The third kappa shape index (κ3) is 2.27. The van der Waals surface area contributed by atoms with Crippen LogP contribution in [0.25, 0.3) is 0 Å². The average Bonchev–Trinajstić information content (AvgIpc) is 2.95. The molecule has 4 rings (SSSR count). The van der Waals surface area contributed by atoms with E-state index in [1.807, 2.05) is 11.1 Å². The number of nitrogens with zero attached hydrogens (tertiary/aromatic N) is 1. The van der Waals surface area contributed by atoms with Crippen LogP contribution >= 0.6 is 0 Å². The Hall–Kier alpha value is -1.52. The van der Waals surface area contributed by atoms with E-state index in [0.29, 0.717) is 5.92 Å². The van der Waals surface area contributed by atoms with Crippen molar-refractivity contribution in [3.63, 3.8) is 0 Å². The normalized spacial score (nSPS) is 37.1. The molecule has 2 bridgehead atoms. The third-order valence-corrected chi connectivity index (χ3v) is 6.21. The molecule has 0 aromatic heterocycles. The van der Waals surface area contributed by atoms with Crippen molar-refractivity contribution in [1.29, 1.82) is 0 Å². The average molecular weight is 319 g/mol. The van der Waals surface area contributed by atoms with Crippen LogP contribution in [-0.2, 0) is 19.1 Å². The number of hydrogen-bond acceptors (Lipinski definition) is 4. The van der Waals surface area contributed by atoms with Crippen LogP contribution in [0.4, 0.5) is 0 Å². The monoisotopic (exact) mass is 319 g/mol. The van der Waals surface area contributed by atoms with Gasteiger partial charge in [0, 0.05) is 25.6 Å². The van der Waals surface area contributed by atoms with Gasteiger partial charge in [0.05, 0.1) is 5.92 Å². The van der Waals surface area contributed by atoms with Crippen LogP contribution in [0.2, 0.25) is 0 Å². The van der Waals surface area contributed by atoms with E-state index in [0.717, 1.165) is 31.4 Å². The fourth-order valence-electron chi connectivity index (χ4n) is 5.44. The minimum absolute atomic E-state index is 0.0345. The molecule has 1 amide bonds. The van der Waals surface area contributed by atoms with Crippen molar-refractivity contribution in [2.45, 2.75) is 76.5 Å². The topological polar surface area (TPSA) is 55.8 Å². The quantitative estimate of drug-likeness (QED) is 0.697. The van der Waals surface area contributed by atoms with E-state index in [1.54, 1.807) is 6.92 Å². The van der Waals surface area contributed by atoms with E-state index < -0.39 is 0 Å². The van der Waals surface area contributed by atoms with Crippen molar-refractivity contribution >= 4 is 11.9 Å². The van der Waals surface area contributed by atoms with Gasteiger partial charge in [-0.1, -0.05) is 19.3 Å². The smallest absolute Gasteiger partial charge is 0.303 e. The first kappa shape index (κ1) is 15.0. The van der Waals surface area contributed by atoms with Crippen molar-refractivity contribution in [3.05, 3.63) is 12.0 Å². The molecule has 2 heterocycles. The zero-order valence-electron chi connectivity index (χ0n) is 13.9. The minimum atomic E-state index is -0.245. The lowest BCUT2D eigenvalue weighted by molar-refractivity contribution is -0.148. The first-order valence-corrected chi connectivity index (χ1v) is 8.86. The van der Waals surface area contributed by atoms with Crippen molar-refractivity contribution in [2.24, 2.45) is 11.8 Å². The Bertz CT molecular complexity index is 563. The van der Waals surface area contributed by atoms with Gasteiger partial charge in [-0.05, 0) is 31.6 Å². The summed E-state index contributed by atoms with van der Waals surface area (Å²) in [6.07, 6.45) is 9.45. The van der Waals surface area contributed by atoms with Gasteiger partial charge < -0.3 is 14.4 Å². The van der Waals surface area contributed by atoms with Crippen molar-refractivity contribution in [2.75, 3.05) is 0 Å². The zero-order chi connectivity index (χ0) is 16.2. The molecule has 0 N–H and O–H groups in total. The maximum atomic E-state index is 12.3. The number of ether oxygens (including phenoxy) is 2. The maximum Gasteiger partial charge on any atom is 0.303 e. The standard InChI is InChI=1S/C18H25NO4/c1-11(20)19-10-15-16-13(9-18(19)6-4-3-5-7-18)8-14(23-15)17(16)22-12(2)21/h10,13-14,16-17H,3-9H2,1-2H3/t13-,14-,16-,17+/m1/s1. The van der Waals surface area contributed by atoms with Gasteiger partial charge in [0.25, 0.3) is 0 Å². The molecule has 0 aromatic rings. The summed E-state index contributed by atoms with van der Waals surface area (Å²) in [4.78, 5) is 25.7. The predicted molar refractivity (Wildman–Crippen MR) is 83.1 cm³/mol. The Morgan fingerprint density at radius 2 is 2.00 bits per heavy atom. The molecule has 2 aliphatic heterocycles. The number of carbonyl (C=O) groups is 2. The lowest BCUT2D eigenvalue weighted by Crippen LogP contribution is -2.50. The summed E-state index contributed by atoms with van der Waals surface area (Å²) < 4.78 is 11.6. The molecular weight excluding hydrogens is 294 g/mol. The molecule has 1 spiro atoms. The molecular formula is C18H25NO4. The Balaban J connectivity index is 1.70. The largest absolute Gasteiger partial charge is 0.489 e. The summed E-state index contributed by atoms with van der Waals surface area (Å²) in [6.45, 7) is 3.11. The van der Waals surface area contributed by atoms with Crippen LogP contribution in [0.1, 0.15) is 58.8 Å². The zero-order valence-corrected chi connectivity index (χ0v) is 13.9. The summed E-state index contributed by atoms with van der Waals surface area (Å²) in [7, 11) is 0. The molecule has 0 aromatic carbocycles. The van der Waals surface area contributed by atoms with Crippen LogP contribution in [0.15, 0.2) is 12.0 Å². The molecule has 2 saturated carbocycles. The van der Waals surface area contributed by atoms with Gasteiger partial charge in [-0.25, -0.2) is 0 Å². The van der Waals surface area contributed by atoms with Gasteiger partial charge in [-0.15, -0.1) is 0 Å². The van der Waals surface area contributed by atoms with E-state index in [9.17, 15) is 9.59 Å². The summed E-state index contributed by atoms with van der Waals surface area (Å²) in [5.41, 5.74) is -0.0574. The summed E-state index contributed by atoms with van der Waals surface area (Å²) >= 11 is 0. The molecule has 3 fully saturated rings. The lowest BCUT2D eigenvalue weighted by Gasteiger charge is -2.45. The predicted octanol–water partition coefficient (Wildman–Crippen LogP) is 2.75. The van der Waals surface area contributed by atoms with Gasteiger partial charge in [0.1, 0.15) is 18.0 Å². The highest BCUT2D eigenvalue weighted by Crippen LogP contribution is 2.55. The highest BCUT2D eigenvalue weighted by atomic mass is 16.6. The van der Waals surface area contributed by atoms with Crippen LogP contribution in [0.3, 0.4) is 0 Å². The second-order valence-corrected chi connectivity index (χ2v) is 7.66. The van der Waals surface area contributed by atoms with Crippen LogP contribution < -0.4 is 0 Å². The fraction of sp³-hybridized carbons (Fsp3) is 0.778. The van der Waals surface area contributed by atoms with Gasteiger partial charge >= 0.3 is 5.97 Å². The molecule has 4 aliphatic rings. The second-order valence-electron chi connectivity index (χ2n) is 7.66. The Morgan fingerprint density at radius 3 is 2.65 bits per heavy atom. The number of amides is 1. The third-order valence-electron chi connectivity index (χ3n) is 6.21. The van der Waals surface area contributed by atoms with Gasteiger partial charge in [0.2, 0.25) is 5.91 Å². The molecule has 126 valence electrons. The highest BCUT2D eigenvalue weighted by Gasteiger charge is 2.59. The second kappa shape index (κ2) is 5.25. The van der Waals surface area contributed by atoms with Gasteiger partial charge in [-0.3, -0.25) is 9.59 Å². The minimum Gasteiger partial charge on any atom is -0.489 e. The molecule has 0 radical (unpaired) electrons. The summed E-state index contributed by atoms with van der Waals surface area (Å²) in [6, 6.07) is 0. The SMILES string of the molecule is CC(=O)O[C@@H]1[C@H]2C3=CN(C(C)=O)C4(CCCCC4)C[C@H]2C[C@H]1O3. The first-order chi connectivity index (χ1) is 11.0. The molecule has 1 saturated heterocycles. The van der Waals surface area contributed by atoms with E-state index in [-0.39, 0.29) is 35.5 Å². The van der Waals surface area contributed by atoms with Gasteiger partial charge in [-0.2, -0.15) is 0 Å². The van der Waals surface area contributed by atoms with Crippen molar-refractivity contribution in [1.82, 2.24) is 4.90 Å². The number of fused-ring (bicyclic) bond motifs is 1. The Kier molecular flexibility index (Phi) is 3.43. The molecule has 2 aliphatic carbocycles. The van der Waals surface area contributed by atoms with Gasteiger partial charge in [0.15, 0.2) is 0 Å². The van der Waals surface area contributed by atoms with Crippen LogP contribution in [0, 0.1) is 11.8 Å². The van der Waals surface area contributed by atoms with E-state index >= 15 is 0 Å². The van der Waals surface area contributed by atoms with E-state index in [2.05, 4.69) is 0 Å². The van der Waals surface area contributed by atoms with Crippen LogP contribution in [-0.4, -0.2) is 34.5 Å². The molecule has 23 heavy (non-hydrogen) atoms. The number of esters is 1.